The molecule has 2 rings (SSSR count). The largest absolute Gasteiger partial charge is 0.332 e. The average Bonchev–Trinajstić information content (AvgIpc) is 2.68. The van der Waals surface area contributed by atoms with Crippen LogP contribution < -0.4 is 9.62 Å². The lowest BCUT2D eigenvalue weighted by atomic mass is 10.2. The van der Waals surface area contributed by atoms with Gasteiger partial charge in [-0.3, -0.25) is 13.9 Å². The second-order valence-electron chi connectivity index (χ2n) is 7.04. The highest BCUT2D eigenvalue weighted by molar-refractivity contribution is 7.92. The number of hydrogen-bond acceptors (Lipinski definition) is 4. The average molecular weight is 486 g/mol. The number of rotatable bonds is 9. The summed E-state index contributed by atoms with van der Waals surface area (Å²) in [6.07, 6.45) is 1.64. The number of aryl methyl sites for hydroxylation is 1. The summed E-state index contributed by atoms with van der Waals surface area (Å²) in [5.41, 5.74) is 1.47. The minimum Gasteiger partial charge on any atom is -0.332 e. The van der Waals surface area contributed by atoms with Crippen molar-refractivity contribution in [1.29, 1.82) is 0 Å². The van der Waals surface area contributed by atoms with E-state index in [1.54, 1.807) is 43.3 Å². The van der Waals surface area contributed by atoms with Crippen molar-refractivity contribution >= 4 is 56.4 Å². The monoisotopic (exact) mass is 485 g/mol. The number of nitrogens with one attached hydrogen (secondary N) is 1. The van der Waals surface area contributed by atoms with Crippen LogP contribution >= 0.6 is 23.2 Å². The second-order valence-corrected chi connectivity index (χ2v) is 9.79. The number of sulfonamides is 1. The Bertz CT molecular complexity index is 1060. The zero-order valence-corrected chi connectivity index (χ0v) is 19.9. The van der Waals surface area contributed by atoms with E-state index in [4.69, 9.17) is 23.2 Å². The maximum Gasteiger partial charge on any atom is 0.244 e. The Morgan fingerprint density at radius 3 is 2.35 bits per heavy atom. The van der Waals surface area contributed by atoms with Crippen molar-refractivity contribution < 1.29 is 18.0 Å². The third kappa shape index (κ3) is 7.12. The molecule has 0 bridgehead atoms. The van der Waals surface area contributed by atoms with Crippen LogP contribution in [0.4, 0.5) is 11.4 Å². The molecule has 0 unspecified atom stereocenters. The third-order valence-electron chi connectivity index (χ3n) is 4.45. The highest BCUT2D eigenvalue weighted by Gasteiger charge is 2.26. The van der Waals surface area contributed by atoms with Gasteiger partial charge in [-0.2, -0.15) is 0 Å². The standard InChI is InChI=1S/C21H25Cl2N3O4S/c1-4-11-25(13-20(27)24-18-12-16(22)9-10-17(18)23)21(28)14-26(31(3,29)30)19-8-6-5-7-15(19)2/h5-10,12H,4,11,13-14H2,1-3H3,(H,24,27). The molecule has 7 nitrogen and oxygen atoms in total. The van der Waals surface area contributed by atoms with Crippen LogP contribution in [0.15, 0.2) is 42.5 Å². The first-order valence-electron chi connectivity index (χ1n) is 9.59. The summed E-state index contributed by atoms with van der Waals surface area (Å²) in [4.78, 5) is 26.8. The van der Waals surface area contributed by atoms with Gasteiger partial charge in [0, 0.05) is 11.6 Å². The summed E-state index contributed by atoms with van der Waals surface area (Å²) in [6.45, 7) is 3.27. The van der Waals surface area contributed by atoms with Gasteiger partial charge in [0.05, 0.1) is 29.2 Å². The van der Waals surface area contributed by atoms with Gasteiger partial charge in [0.15, 0.2) is 0 Å². The number of carbonyl (C=O) groups is 2. The molecule has 0 heterocycles. The van der Waals surface area contributed by atoms with Gasteiger partial charge >= 0.3 is 0 Å². The van der Waals surface area contributed by atoms with Crippen LogP contribution in [-0.2, 0) is 19.6 Å². The van der Waals surface area contributed by atoms with Crippen molar-refractivity contribution in [3.05, 3.63) is 58.1 Å². The van der Waals surface area contributed by atoms with Gasteiger partial charge in [0.2, 0.25) is 21.8 Å². The van der Waals surface area contributed by atoms with Crippen LogP contribution in [-0.4, -0.2) is 51.0 Å². The highest BCUT2D eigenvalue weighted by atomic mass is 35.5. The molecule has 2 aromatic carbocycles. The molecule has 10 heteroatoms. The topological polar surface area (TPSA) is 86.8 Å². The fourth-order valence-corrected chi connectivity index (χ4v) is 4.21. The zero-order chi connectivity index (χ0) is 23.2. The molecule has 168 valence electrons. The lowest BCUT2D eigenvalue weighted by Gasteiger charge is -2.28. The predicted octanol–water partition coefficient (Wildman–Crippen LogP) is 3.95. The summed E-state index contributed by atoms with van der Waals surface area (Å²) in [6, 6.07) is 11.6. The first-order valence-corrected chi connectivity index (χ1v) is 12.2. The zero-order valence-electron chi connectivity index (χ0n) is 17.6. The van der Waals surface area contributed by atoms with Gasteiger partial charge in [0.25, 0.3) is 0 Å². The van der Waals surface area contributed by atoms with Crippen molar-refractivity contribution in [3.8, 4) is 0 Å². The van der Waals surface area contributed by atoms with Crippen LogP contribution in [0.5, 0.6) is 0 Å². The number of hydrogen-bond donors (Lipinski definition) is 1. The summed E-state index contributed by atoms with van der Waals surface area (Å²) >= 11 is 12.0. The molecule has 0 radical (unpaired) electrons. The van der Waals surface area contributed by atoms with Gasteiger partial charge in [-0.1, -0.05) is 48.3 Å². The molecule has 2 aromatic rings. The molecule has 31 heavy (non-hydrogen) atoms. The Hall–Kier alpha value is -2.29. The molecule has 0 saturated heterocycles. The lowest BCUT2D eigenvalue weighted by Crippen LogP contribution is -2.45. The Kier molecular flexibility index (Phi) is 8.73. The quantitative estimate of drug-likeness (QED) is 0.582. The van der Waals surface area contributed by atoms with Crippen LogP contribution in [0.25, 0.3) is 0 Å². The van der Waals surface area contributed by atoms with Crippen molar-refractivity contribution in [1.82, 2.24) is 4.90 Å². The van der Waals surface area contributed by atoms with E-state index >= 15 is 0 Å². The molecule has 0 saturated carbocycles. The number of halogens is 2. The van der Waals surface area contributed by atoms with E-state index in [1.807, 2.05) is 6.92 Å². The normalized spacial score (nSPS) is 11.1. The molecule has 0 spiro atoms. The van der Waals surface area contributed by atoms with E-state index in [2.05, 4.69) is 5.32 Å². The first-order chi connectivity index (χ1) is 14.5. The van der Waals surface area contributed by atoms with Crippen molar-refractivity contribution in [2.45, 2.75) is 20.3 Å². The molecule has 0 atom stereocenters. The van der Waals surface area contributed by atoms with Crippen LogP contribution in [0.3, 0.4) is 0 Å². The van der Waals surface area contributed by atoms with Crippen molar-refractivity contribution in [2.75, 3.05) is 35.5 Å². The van der Waals surface area contributed by atoms with Gasteiger partial charge in [-0.15, -0.1) is 0 Å². The molecule has 0 aliphatic rings. The molecule has 0 fully saturated rings. The van der Waals surface area contributed by atoms with E-state index in [9.17, 15) is 18.0 Å². The summed E-state index contributed by atoms with van der Waals surface area (Å²) in [7, 11) is -3.72. The minimum atomic E-state index is -3.72. The van der Waals surface area contributed by atoms with Crippen molar-refractivity contribution in [2.24, 2.45) is 0 Å². The van der Waals surface area contributed by atoms with Crippen LogP contribution in [0, 0.1) is 6.92 Å². The van der Waals surface area contributed by atoms with E-state index in [1.165, 1.54) is 11.0 Å². The third-order valence-corrected chi connectivity index (χ3v) is 6.14. The molecule has 0 aliphatic carbocycles. The number of carbonyl (C=O) groups excluding carboxylic acids is 2. The predicted molar refractivity (Wildman–Crippen MR) is 125 cm³/mol. The molecular formula is C21H25Cl2N3O4S. The Morgan fingerprint density at radius 1 is 1.06 bits per heavy atom. The van der Waals surface area contributed by atoms with E-state index in [0.29, 0.717) is 34.4 Å². The summed E-state index contributed by atoms with van der Waals surface area (Å²) in [5, 5.41) is 3.36. The summed E-state index contributed by atoms with van der Waals surface area (Å²) in [5.74, 6) is -0.948. The maximum atomic E-state index is 13.0. The van der Waals surface area contributed by atoms with Gasteiger partial charge in [0.1, 0.15) is 6.54 Å². The lowest BCUT2D eigenvalue weighted by molar-refractivity contribution is -0.133. The smallest absolute Gasteiger partial charge is 0.244 e. The second kappa shape index (κ2) is 10.8. The number of benzene rings is 2. The molecule has 0 aliphatic heterocycles. The number of amides is 2. The molecule has 2 amide bonds. The van der Waals surface area contributed by atoms with Crippen LogP contribution in [0.1, 0.15) is 18.9 Å². The summed E-state index contributed by atoms with van der Waals surface area (Å²) < 4.78 is 25.8. The fourth-order valence-electron chi connectivity index (χ4n) is 2.97. The van der Waals surface area contributed by atoms with E-state index in [-0.39, 0.29) is 6.54 Å². The van der Waals surface area contributed by atoms with Crippen molar-refractivity contribution in [3.63, 3.8) is 0 Å². The van der Waals surface area contributed by atoms with Gasteiger partial charge in [-0.25, -0.2) is 8.42 Å². The molecule has 1 N–H and O–H groups in total. The van der Waals surface area contributed by atoms with E-state index < -0.39 is 28.4 Å². The number of para-hydroxylation sites is 1. The SMILES string of the molecule is CCCN(CC(=O)Nc1cc(Cl)ccc1Cl)C(=O)CN(c1ccccc1C)S(C)(=O)=O. The van der Waals surface area contributed by atoms with Gasteiger partial charge in [-0.05, 0) is 43.2 Å². The molecular weight excluding hydrogens is 461 g/mol. The maximum absolute atomic E-state index is 13.0. The highest BCUT2D eigenvalue weighted by Crippen LogP contribution is 2.25. The first kappa shape index (κ1) is 25.0. The Labute approximate surface area is 193 Å². The van der Waals surface area contributed by atoms with E-state index in [0.717, 1.165) is 16.1 Å². The molecule has 0 aromatic heterocycles. The number of anilines is 2. The Morgan fingerprint density at radius 2 is 1.74 bits per heavy atom. The number of nitrogens with zero attached hydrogens (tertiary/aromatic N) is 2. The minimum absolute atomic E-state index is 0.249. The van der Waals surface area contributed by atoms with Gasteiger partial charge < -0.3 is 10.2 Å². The fraction of sp³-hybridized carbons (Fsp3) is 0.333. The Balaban J connectivity index is 2.19. The van der Waals surface area contributed by atoms with Crippen LogP contribution in [0.2, 0.25) is 10.0 Å².